The fourth-order valence-corrected chi connectivity index (χ4v) is 2.10. The maximum absolute atomic E-state index is 5.64. The van der Waals surface area contributed by atoms with Crippen molar-refractivity contribution in [2.75, 3.05) is 24.3 Å². The SMILES string of the molecule is Cc1c(N)nsc1NC1CCOC1. The first-order chi connectivity index (χ1) is 6.27. The van der Waals surface area contributed by atoms with E-state index < -0.39 is 0 Å². The van der Waals surface area contributed by atoms with Crippen molar-refractivity contribution in [2.45, 2.75) is 19.4 Å². The Kier molecular flexibility index (Phi) is 2.37. The molecule has 1 atom stereocenters. The summed E-state index contributed by atoms with van der Waals surface area (Å²) >= 11 is 1.42. The third-order valence-corrected chi connectivity index (χ3v) is 3.12. The summed E-state index contributed by atoms with van der Waals surface area (Å²) in [7, 11) is 0. The van der Waals surface area contributed by atoms with Crippen molar-refractivity contribution in [3.63, 3.8) is 0 Å². The fraction of sp³-hybridized carbons (Fsp3) is 0.625. The zero-order valence-corrected chi connectivity index (χ0v) is 8.36. The smallest absolute Gasteiger partial charge is 0.142 e. The lowest BCUT2D eigenvalue weighted by molar-refractivity contribution is 0.195. The number of aromatic nitrogens is 1. The van der Waals surface area contributed by atoms with Crippen LogP contribution in [0, 0.1) is 6.92 Å². The molecular formula is C8H13N3OS. The fourth-order valence-electron chi connectivity index (χ4n) is 1.32. The third-order valence-electron chi connectivity index (χ3n) is 2.22. The molecule has 2 heterocycles. The van der Waals surface area contributed by atoms with E-state index in [2.05, 4.69) is 9.69 Å². The van der Waals surface area contributed by atoms with Gasteiger partial charge in [0.1, 0.15) is 10.8 Å². The second-order valence-corrected chi connectivity index (χ2v) is 4.00. The van der Waals surface area contributed by atoms with Crippen molar-refractivity contribution in [1.29, 1.82) is 0 Å². The number of nitrogens with zero attached hydrogens (tertiary/aromatic N) is 1. The summed E-state index contributed by atoms with van der Waals surface area (Å²) in [6, 6.07) is 0.429. The van der Waals surface area contributed by atoms with E-state index in [0.29, 0.717) is 11.9 Å². The number of nitrogens with one attached hydrogen (secondary N) is 1. The normalized spacial score (nSPS) is 22.1. The van der Waals surface area contributed by atoms with E-state index in [0.717, 1.165) is 30.2 Å². The van der Waals surface area contributed by atoms with Crippen molar-refractivity contribution in [1.82, 2.24) is 4.37 Å². The van der Waals surface area contributed by atoms with Gasteiger partial charge in [-0.25, -0.2) is 0 Å². The Bertz CT molecular complexity index is 294. The molecule has 1 aromatic heterocycles. The summed E-state index contributed by atoms with van der Waals surface area (Å²) in [6.07, 6.45) is 1.07. The summed E-state index contributed by atoms with van der Waals surface area (Å²) in [4.78, 5) is 0. The molecule has 5 heteroatoms. The highest BCUT2D eigenvalue weighted by molar-refractivity contribution is 7.10. The van der Waals surface area contributed by atoms with E-state index in [4.69, 9.17) is 10.5 Å². The van der Waals surface area contributed by atoms with Gasteiger partial charge in [-0.3, -0.25) is 0 Å². The van der Waals surface area contributed by atoms with Crippen LogP contribution in [0.5, 0.6) is 0 Å². The molecular weight excluding hydrogens is 186 g/mol. The first kappa shape index (κ1) is 8.77. The molecule has 13 heavy (non-hydrogen) atoms. The maximum Gasteiger partial charge on any atom is 0.142 e. The standard InChI is InChI=1S/C8H13N3OS/c1-5-7(9)11-13-8(5)10-6-2-3-12-4-6/h6,10H,2-4H2,1H3,(H2,9,11). The minimum atomic E-state index is 0.429. The number of rotatable bonds is 2. The van der Waals surface area contributed by atoms with E-state index in [-0.39, 0.29) is 0 Å². The van der Waals surface area contributed by atoms with Crippen molar-refractivity contribution in [2.24, 2.45) is 0 Å². The number of hydrogen-bond acceptors (Lipinski definition) is 5. The van der Waals surface area contributed by atoms with Crippen molar-refractivity contribution >= 4 is 22.4 Å². The second-order valence-electron chi connectivity index (χ2n) is 3.23. The Morgan fingerprint density at radius 3 is 3.08 bits per heavy atom. The third kappa shape index (κ3) is 1.76. The molecule has 1 fully saturated rings. The average Bonchev–Trinajstić information content (AvgIpc) is 2.71. The topological polar surface area (TPSA) is 60.2 Å². The van der Waals surface area contributed by atoms with E-state index in [9.17, 15) is 0 Å². The largest absolute Gasteiger partial charge is 0.383 e. The number of nitrogen functional groups attached to an aromatic ring is 1. The molecule has 1 aromatic rings. The monoisotopic (exact) mass is 199 g/mol. The van der Waals surface area contributed by atoms with Crippen LogP contribution in [0.2, 0.25) is 0 Å². The van der Waals surface area contributed by atoms with Crippen LogP contribution in [0.15, 0.2) is 0 Å². The molecule has 2 rings (SSSR count). The molecule has 1 saturated heterocycles. The number of hydrogen-bond donors (Lipinski definition) is 2. The summed E-state index contributed by atoms with van der Waals surface area (Å²) in [5.41, 5.74) is 6.70. The second kappa shape index (κ2) is 3.51. The van der Waals surface area contributed by atoms with Gasteiger partial charge in [0.2, 0.25) is 0 Å². The molecule has 0 aliphatic carbocycles. The van der Waals surface area contributed by atoms with Crippen LogP contribution >= 0.6 is 11.5 Å². The van der Waals surface area contributed by atoms with E-state index >= 15 is 0 Å². The summed E-state index contributed by atoms with van der Waals surface area (Å²) < 4.78 is 9.34. The summed E-state index contributed by atoms with van der Waals surface area (Å²) in [5.74, 6) is 0.631. The molecule has 0 bridgehead atoms. The van der Waals surface area contributed by atoms with Gasteiger partial charge < -0.3 is 15.8 Å². The summed E-state index contributed by atoms with van der Waals surface area (Å²) in [6.45, 7) is 3.62. The minimum Gasteiger partial charge on any atom is -0.383 e. The molecule has 72 valence electrons. The van der Waals surface area contributed by atoms with Gasteiger partial charge in [-0.15, -0.1) is 0 Å². The zero-order chi connectivity index (χ0) is 9.26. The highest BCUT2D eigenvalue weighted by Gasteiger charge is 2.17. The summed E-state index contributed by atoms with van der Waals surface area (Å²) in [5, 5.41) is 4.46. The van der Waals surface area contributed by atoms with Gasteiger partial charge in [0, 0.05) is 12.2 Å². The molecule has 0 amide bonds. The van der Waals surface area contributed by atoms with Gasteiger partial charge in [0.05, 0.1) is 12.6 Å². The zero-order valence-electron chi connectivity index (χ0n) is 7.54. The van der Waals surface area contributed by atoms with E-state index in [1.807, 2.05) is 6.92 Å². The Hall–Kier alpha value is -0.810. The van der Waals surface area contributed by atoms with Crippen molar-refractivity contribution in [3.8, 4) is 0 Å². The van der Waals surface area contributed by atoms with Crippen LogP contribution in [0.25, 0.3) is 0 Å². The molecule has 1 unspecified atom stereocenters. The molecule has 0 aromatic carbocycles. The highest BCUT2D eigenvalue weighted by atomic mass is 32.1. The Morgan fingerprint density at radius 1 is 1.69 bits per heavy atom. The van der Waals surface area contributed by atoms with Gasteiger partial charge in [0.15, 0.2) is 0 Å². The lowest BCUT2D eigenvalue weighted by Gasteiger charge is -2.09. The molecule has 1 aliphatic heterocycles. The average molecular weight is 199 g/mol. The van der Waals surface area contributed by atoms with Crippen LogP contribution in [0.3, 0.4) is 0 Å². The van der Waals surface area contributed by atoms with Gasteiger partial charge in [-0.2, -0.15) is 4.37 Å². The lowest BCUT2D eigenvalue weighted by atomic mass is 10.2. The molecule has 4 nitrogen and oxygen atoms in total. The van der Waals surface area contributed by atoms with Crippen LogP contribution in [-0.4, -0.2) is 23.6 Å². The lowest BCUT2D eigenvalue weighted by Crippen LogP contribution is -2.18. The van der Waals surface area contributed by atoms with Crippen LogP contribution < -0.4 is 11.1 Å². The van der Waals surface area contributed by atoms with Crippen LogP contribution in [-0.2, 0) is 4.74 Å². The number of ether oxygens (including phenoxy) is 1. The Morgan fingerprint density at radius 2 is 2.54 bits per heavy atom. The molecule has 0 spiro atoms. The van der Waals surface area contributed by atoms with Gasteiger partial charge in [0.25, 0.3) is 0 Å². The number of nitrogens with two attached hydrogens (primary N) is 1. The van der Waals surface area contributed by atoms with Gasteiger partial charge in [-0.1, -0.05) is 0 Å². The van der Waals surface area contributed by atoms with E-state index in [1.165, 1.54) is 11.5 Å². The molecule has 0 saturated carbocycles. The Labute approximate surface area is 81.3 Å². The van der Waals surface area contributed by atoms with Crippen molar-refractivity contribution in [3.05, 3.63) is 5.56 Å². The van der Waals surface area contributed by atoms with Crippen LogP contribution in [0.1, 0.15) is 12.0 Å². The molecule has 0 radical (unpaired) electrons. The predicted molar refractivity (Wildman–Crippen MR) is 54.1 cm³/mol. The molecule has 3 N–H and O–H groups in total. The predicted octanol–water partition coefficient (Wildman–Crippen LogP) is 1.23. The first-order valence-electron chi connectivity index (χ1n) is 4.33. The minimum absolute atomic E-state index is 0.429. The Balaban J connectivity index is 2.04. The van der Waals surface area contributed by atoms with Gasteiger partial charge >= 0.3 is 0 Å². The quantitative estimate of drug-likeness (QED) is 0.752. The van der Waals surface area contributed by atoms with E-state index in [1.54, 1.807) is 0 Å². The maximum atomic E-state index is 5.64. The first-order valence-corrected chi connectivity index (χ1v) is 5.10. The van der Waals surface area contributed by atoms with Gasteiger partial charge in [-0.05, 0) is 24.9 Å². The highest BCUT2D eigenvalue weighted by Crippen LogP contribution is 2.26. The number of anilines is 2. The van der Waals surface area contributed by atoms with Crippen molar-refractivity contribution < 1.29 is 4.74 Å². The molecule has 1 aliphatic rings. The van der Waals surface area contributed by atoms with Crippen LogP contribution in [0.4, 0.5) is 10.8 Å².